The SMILES string of the molecule is Cc1ccc(C2C(=O)NCCN2S(=O)(=O)Cc2cccc(C)c2)cc1. The maximum absolute atomic E-state index is 13.0. The summed E-state index contributed by atoms with van der Waals surface area (Å²) in [7, 11) is -3.62. The molecule has 25 heavy (non-hydrogen) atoms. The van der Waals surface area contributed by atoms with Gasteiger partial charge in [0.05, 0.1) is 5.75 Å². The van der Waals surface area contributed by atoms with Crippen LogP contribution in [0.5, 0.6) is 0 Å². The van der Waals surface area contributed by atoms with Crippen molar-refractivity contribution >= 4 is 15.9 Å². The summed E-state index contributed by atoms with van der Waals surface area (Å²) in [5.41, 5.74) is 3.50. The first-order valence-corrected chi connectivity index (χ1v) is 9.87. The second-order valence-electron chi connectivity index (χ2n) is 6.46. The van der Waals surface area contributed by atoms with Crippen molar-refractivity contribution in [2.45, 2.75) is 25.6 Å². The molecule has 0 radical (unpaired) electrons. The van der Waals surface area contributed by atoms with E-state index in [-0.39, 0.29) is 18.2 Å². The first-order chi connectivity index (χ1) is 11.9. The summed E-state index contributed by atoms with van der Waals surface area (Å²) in [4.78, 5) is 12.4. The van der Waals surface area contributed by atoms with Crippen LogP contribution >= 0.6 is 0 Å². The van der Waals surface area contributed by atoms with Gasteiger partial charge in [-0.15, -0.1) is 0 Å². The van der Waals surface area contributed by atoms with Crippen LogP contribution in [0.3, 0.4) is 0 Å². The minimum Gasteiger partial charge on any atom is -0.353 e. The largest absolute Gasteiger partial charge is 0.353 e. The summed E-state index contributed by atoms with van der Waals surface area (Å²) in [6.45, 7) is 4.49. The molecule has 2 aromatic rings. The average molecular weight is 358 g/mol. The van der Waals surface area contributed by atoms with Gasteiger partial charge in [-0.05, 0) is 25.0 Å². The Bertz CT molecular complexity index is 876. The molecule has 1 unspecified atom stereocenters. The number of benzene rings is 2. The van der Waals surface area contributed by atoms with Gasteiger partial charge in [-0.2, -0.15) is 4.31 Å². The van der Waals surface area contributed by atoms with E-state index in [0.29, 0.717) is 12.1 Å². The van der Waals surface area contributed by atoms with E-state index >= 15 is 0 Å². The Balaban J connectivity index is 1.93. The van der Waals surface area contributed by atoms with E-state index in [1.807, 2.05) is 56.3 Å². The van der Waals surface area contributed by atoms with Gasteiger partial charge in [0.15, 0.2) is 0 Å². The molecule has 1 N–H and O–H groups in total. The lowest BCUT2D eigenvalue weighted by atomic mass is 10.0. The zero-order valence-corrected chi connectivity index (χ0v) is 15.2. The van der Waals surface area contributed by atoms with Crippen molar-refractivity contribution in [2.75, 3.05) is 13.1 Å². The number of nitrogens with one attached hydrogen (secondary N) is 1. The molecule has 3 rings (SSSR count). The topological polar surface area (TPSA) is 66.5 Å². The fraction of sp³-hybridized carbons (Fsp3) is 0.316. The fourth-order valence-electron chi connectivity index (χ4n) is 3.11. The first-order valence-electron chi connectivity index (χ1n) is 8.26. The zero-order chi connectivity index (χ0) is 18.0. The molecule has 1 saturated heterocycles. The van der Waals surface area contributed by atoms with Gasteiger partial charge in [-0.1, -0.05) is 59.7 Å². The Morgan fingerprint density at radius 2 is 1.80 bits per heavy atom. The van der Waals surface area contributed by atoms with Crippen LogP contribution in [0.15, 0.2) is 48.5 Å². The van der Waals surface area contributed by atoms with Crippen molar-refractivity contribution in [3.8, 4) is 0 Å². The molecule has 5 nitrogen and oxygen atoms in total. The van der Waals surface area contributed by atoms with Crippen LogP contribution in [-0.4, -0.2) is 31.7 Å². The number of nitrogens with zero attached hydrogens (tertiary/aromatic N) is 1. The number of carbonyl (C=O) groups is 1. The number of hydrogen-bond acceptors (Lipinski definition) is 3. The maximum Gasteiger partial charge on any atom is 0.243 e. The standard InChI is InChI=1S/C19H22N2O3S/c1-14-6-8-17(9-7-14)18-19(22)20-10-11-21(18)25(23,24)13-16-5-3-4-15(2)12-16/h3-9,12,18H,10-11,13H2,1-2H3,(H,20,22). The van der Waals surface area contributed by atoms with Crippen molar-refractivity contribution in [3.63, 3.8) is 0 Å². The Labute approximate surface area is 148 Å². The third-order valence-electron chi connectivity index (χ3n) is 4.35. The highest BCUT2D eigenvalue weighted by Gasteiger charge is 2.38. The van der Waals surface area contributed by atoms with Gasteiger partial charge in [0.25, 0.3) is 0 Å². The minimum atomic E-state index is -3.62. The van der Waals surface area contributed by atoms with E-state index in [1.165, 1.54) is 4.31 Å². The van der Waals surface area contributed by atoms with E-state index in [9.17, 15) is 13.2 Å². The van der Waals surface area contributed by atoms with Gasteiger partial charge < -0.3 is 5.32 Å². The molecule has 132 valence electrons. The molecule has 2 aromatic carbocycles. The molecule has 0 bridgehead atoms. The Kier molecular flexibility index (Phi) is 4.92. The molecule has 0 aromatic heterocycles. The summed E-state index contributed by atoms with van der Waals surface area (Å²) in [6, 6.07) is 14.0. The number of amides is 1. The van der Waals surface area contributed by atoms with E-state index in [2.05, 4.69) is 5.32 Å². The molecule has 6 heteroatoms. The van der Waals surface area contributed by atoms with Gasteiger partial charge in [0, 0.05) is 13.1 Å². The van der Waals surface area contributed by atoms with E-state index < -0.39 is 16.1 Å². The molecule has 1 aliphatic rings. The summed E-state index contributed by atoms with van der Waals surface area (Å²) in [5, 5.41) is 2.78. The van der Waals surface area contributed by atoms with Crippen LogP contribution in [0.25, 0.3) is 0 Å². The fourth-order valence-corrected chi connectivity index (χ4v) is 4.78. The lowest BCUT2D eigenvalue weighted by Crippen LogP contribution is -2.52. The van der Waals surface area contributed by atoms with Crippen LogP contribution in [0.1, 0.15) is 28.3 Å². The smallest absolute Gasteiger partial charge is 0.243 e. The van der Waals surface area contributed by atoms with Crippen molar-refractivity contribution in [1.82, 2.24) is 9.62 Å². The van der Waals surface area contributed by atoms with Gasteiger partial charge >= 0.3 is 0 Å². The Morgan fingerprint density at radius 1 is 1.08 bits per heavy atom. The molecule has 1 atom stereocenters. The summed E-state index contributed by atoms with van der Waals surface area (Å²) in [5.74, 6) is -0.382. The lowest BCUT2D eigenvalue weighted by Gasteiger charge is -2.34. The van der Waals surface area contributed by atoms with Crippen LogP contribution < -0.4 is 5.32 Å². The molecule has 0 aliphatic carbocycles. The number of rotatable bonds is 4. The number of hydrogen-bond donors (Lipinski definition) is 1. The predicted octanol–water partition coefficient (Wildman–Crippen LogP) is 2.31. The molecular formula is C19H22N2O3S. The third-order valence-corrected chi connectivity index (χ3v) is 6.16. The predicted molar refractivity (Wildman–Crippen MR) is 97.4 cm³/mol. The second kappa shape index (κ2) is 6.98. The number of aryl methyl sites for hydroxylation is 2. The first kappa shape index (κ1) is 17.6. The number of carbonyl (C=O) groups excluding carboxylic acids is 1. The highest BCUT2D eigenvalue weighted by molar-refractivity contribution is 7.88. The molecular weight excluding hydrogens is 336 g/mol. The van der Waals surface area contributed by atoms with Gasteiger partial charge in [0.2, 0.25) is 15.9 Å². The molecule has 0 spiro atoms. The zero-order valence-electron chi connectivity index (χ0n) is 14.4. The molecule has 1 amide bonds. The van der Waals surface area contributed by atoms with Crippen LogP contribution in [0.4, 0.5) is 0 Å². The highest BCUT2D eigenvalue weighted by Crippen LogP contribution is 2.28. The summed E-state index contributed by atoms with van der Waals surface area (Å²) < 4.78 is 27.3. The average Bonchev–Trinajstić information content (AvgIpc) is 2.55. The Morgan fingerprint density at radius 3 is 2.48 bits per heavy atom. The molecule has 1 fully saturated rings. The van der Waals surface area contributed by atoms with E-state index in [4.69, 9.17) is 0 Å². The minimum absolute atomic E-state index is 0.107. The van der Waals surface area contributed by atoms with Crippen molar-refractivity contribution < 1.29 is 13.2 Å². The van der Waals surface area contributed by atoms with Gasteiger partial charge in [-0.25, -0.2) is 8.42 Å². The highest BCUT2D eigenvalue weighted by atomic mass is 32.2. The van der Waals surface area contributed by atoms with Crippen molar-refractivity contribution in [2.24, 2.45) is 0 Å². The van der Waals surface area contributed by atoms with Crippen molar-refractivity contribution in [1.29, 1.82) is 0 Å². The normalized spacial score (nSPS) is 18.8. The van der Waals surface area contributed by atoms with Crippen molar-refractivity contribution in [3.05, 3.63) is 70.8 Å². The summed E-state index contributed by atoms with van der Waals surface area (Å²) in [6.07, 6.45) is 0. The molecule has 1 aliphatic heterocycles. The Hall–Kier alpha value is -2.18. The monoisotopic (exact) mass is 358 g/mol. The van der Waals surface area contributed by atoms with Crippen LogP contribution in [0, 0.1) is 13.8 Å². The summed E-state index contributed by atoms with van der Waals surface area (Å²) >= 11 is 0. The lowest BCUT2D eigenvalue weighted by molar-refractivity contribution is -0.126. The quantitative estimate of drug-likeness (QED) is 0.912. The van der Waals surface area contributed by atoms with Gasteiger partial charge in [-0.3, -0.25) is 4.79 Å². The van der Waals surface area contributed by atoms with E-state index in [0.717, 1.165) is 16.7 Å². The van der Waals surface area contributed by atoms with E-state index in [1.54, 1.807) is 6.07 Å². The molecule has 1 heterocycles. The van der Waals surface area contributed by atoms with Crippen LogP contribution in [-0.2, 0) is 20.6 Å². The number of piperazine rings is 1. The molecule has 0 saturated carbocycles. The number of sulfonamides is 1. The third kappa shape index (κ3) is 3.91. The second-order valence-corrected chi connectivity index (χ2v) is 8.38. The van der Waals surface area contributed by atoms with Crippen LogP contribution in [0.2, 0.25) is 0 Å². The van der Waals surface area contributed by atoms with Gasteiger partial charge in [0.1, 0.15) is 6.04 Å². The maximum atomic E-state index is 13.0.